The van der Waals surface area contributed by atoms with Crippen LogP contribution in [0.3, 0.4) is 0 Å². The Morgan fingerprint density at radius 1 is 1.40 bits per heavy atom. The number of nitrogens with two attached hydrogens (primary N) is 1. The summed E-state index contributed by atoms with van der Waals surface area (Å²) >= 11 is 1.90. The van der Waals surface area contributed by atoms with E-state index in [9.17, 15) is 13.2 Å². The number of alkyl halides is 3. The molecule has 0 aromatic heterocycles. The first-order chi connectivity index (χ1) is 6.86. The van der Waals surface area contributed by atoms with Gasteiger partial charge in [-0.25, -0.2) is 0 Å². The van der Waals surface area contributed by atoms with Crippen molar-refractivity contribution < 1.29 is 17.9 Å². The van der Waals surface area contributed by atoms with Gasteiger partial charge in [0.05, 0.1) is 10.7 Å². The molecule has 0 heterocycles. The molecule has 15 heavy (non-hydrogen) atoms. The van der Waals surface area contributed by atoms with E-state index < -0.39 is 12.2 Å². The first kappa shape index (κ1) is 12.6. The van der Waals surface area contributed by atoms with Crippen LogP contribution in [-0.2, 0) is 0 Å². The van der Waals surface area contributed by atoms with Gasteiger partial charge in [-0.3, -0.25) is 0 Å². The van der Waals surface area contributed by atoms with E-state index in [1.807, 2.05) is 22.6 Å². The van der Waals surface area contributed by atoms with Crippen LogP contribution in [0.4, 0.5) is 13.2 Å². The molecular weight excluding hydrogens is 322 g/mol. The molecule has 0 spiro atoms. The third-order valence-corrected chi connectivity index (χ3v) is 2.73. The van der Waals surface area contributed by atoms with Gasteiger partial charge in [0.1, 0.15) is 11.8 Å². The minimum absolute atomic E-state index is 0.0349. The van der Waals surface area contributed by atoms with E-state index in [0.29, 0.717) is 9.32 Å². The van der Waals surface area contributed by atoms with E-state index >= 15 is 0 Å². The molecule has 0 saturated heterocycles. The SMILES string of the molecule is COc1ccc([C@H](N)C(F)(F)F)cc1I. The molecular formula is C9H9F3INO. The molecule has 1 rings (SSSR count). The Morgan fingerprint density at radius 3 is 2.40 bits per heavy atom. The van der Waals surface area contributed by atoms with E-state index in [2.05, 4.69) is 0 Å². The number of hydrogen-bond acceptors (Lipinski definition) is 2. The molecule has 1 aromatic rings. The molecule has 0 aliphatic heterocycles. The number of methoxy groups -OCH3 is 1. The zero-order valence-electron chi connectivity index (χ0n) is 7.81. The number of halogens is 4. The second kappa shape index (κ2) is 4.56. The minimum atomic E-state index is -4.42. The van der Waals surface area contributed by atoms with Gasteiger partial charge in [-0.15, -0.1) is 0 Å². The lowest BCUT2D eigenvalue weighted by molar-refractivity contribution is -0.149. The molecule has 1 aromatic carbocycles. The highest BCUT2D eigenvalue weighted by atomic mass is 127. The molecule has 1 atom stereocenters. The van der Waals surface area contributed by atoms with Crippen molar-refractivity contribution in [3.05, 3.63) is 27.3 Å². The third kappa shape index (κ3) is 2.97. The Labute approximate surface area is 98.7 Å². The second-order valence-corrected chi connectivity index (χ2v) is 4.08. The van der Waals surface area contributed by atoms with E-state index in [0.717, 1.165) is 0 Å². The van der Waals surface area contributed by atoms with Crippen molar-refractivity contribution in [2.45, 2.75) is 12.2 Å². The van der Waals surface area contributed by atoms with Crippen LogP contribution in [0.2, 0.25) is 0 Å². The van der Waals surface area contributed by atoms with Gasteiger partial charge < -0.3 is 10.5 Å². The maximum atomic E-state index is 12.3. The number of rotatable bonds is 2. The molecule has 0 unspecified atom stereocenters. The smallest absolute Gasteiger partial charge is 0.407 e. The lowest BCUT2D eigenvalue weighted by atomic mass is 10.1. The predicted molar refractivity (Wildman–Crippen MR) is 58.7 cm³/mol. The van der Waals surface area contributed by atoms with Gasteiger partial charge in [-0.1, -0.05) is 6.07 Å². The zero-order valence-corrected chi connectivity index (χ0v) is 9.96. The van der Waals surface area contributed by atoms with Crippen LogP contribution in [0.25, 0.3) is 0 Å². The Bertz CT molecular complexity index is 354. The molecule has 0 fully saturated rings. The summed E-state index contributed by atoms with van der Waals surface area (Å²) in [5.74, 6) is 0.536. The highest BCUT2D eigenvalue weighted by Gasteiger charge is 2.37. The summed E-state index contributed by atoms with van der Waals surface area (Å²) in [5.41, 5.74) is 5.10. The van der Waals surface area contributed by atoms with Gasteiger partial charge in [0.25, 0.3) is 0 Å². The van der Waals surface area contributed by atoms with Crippen LogP contribution in [0.1, 0.15) is 11.6 Å². The summed E-state index contributed by atoms with van der Waals surface area (Å²) < 4.78 is 42.4. The lowest BCUT2D eigenvalue weighted by Gasteiger charge is -2.16. The second-order valence-electron chi connectivity index (χ2n) is 2.91. The van der Waals surface area contributed by atoms with E-state index in [1.165, 1.54) is 25.3 Å². The van der Waals surface area contributed by atoms with Crippen molar-refractivity contribution in [3.8, 4) is 5.75 Å². The van der Waals surface area contributed by atoms with E-state index in [1.54, 1.807) is 0 Å². The maximum absolute atomic E-state index is 12.3. The van der Waals surface area contributed by atoms with Crippen LogP contribution in [0, 0.1) is 3.57 Å². The first-order valence-corrected chi connectivity index (χ1v) is 5.10. The minimum Gasteiger partial charge on any atom is -0.496 e. The molecule has 2 N–H and O–H groups in total. The molecule has 0 amide bonds. The fraction of sp³-hybridized carbons (Fsp3) is 0.333. The summed E-state index contributed by atoms with van der Waals surface area (Å²) in [6.45, 7) is 0. The number of hydrogen-bond donors (Lipinski definition) is 1. The first-order valence-electron chi connectivity index (χ1n) is 4.02. The van der Waals surface area contributed by atoms with Crippen LogP contribution < -0.4 is 10.5 Å². The van der Waals surface area contributed by atoms with Gasteiger partial charge in [-0.2, -0.15) is 13.2 Å². The molecule has 6 heteroatoms. The van der Waals surface area contributed by atoms with Crippen molar-refractivity contribution in [1.82, 2.24) is 0 Å². The monoisotopic (exact) mass is 331 g/mol. The standard InChI is InChI=1S/C9H9F3INO/c1-15-7-3-2-5(4-6(7)13)8(14)9(10,11)12/h2-4,8H,14H2,1H3/t8-/m0/s1. The largest absolute Gasteiger partial charge is 0.496 e. The van der Waals surface area contributed by atoms with Gasteiger partial charge in [0.2, 0.25) is 0 Å². The van der Waals surface area contributed by atoms with Crippen LogP contribution in [-0.4, -0.2) is 13.3 Å². The average Bonchev–Trinajstić information content (AvgIpc) is 2.15. The highest BCUT2D eigenvalue weighted by Crippen LogP contribution is 2.32. The van der Waals surface area contributed by atoms with E-state index in [-0.39, 0.29) is 5.56 Å². The molecule has 0 aliphatic carbocycles. The fourth-order valence-electron chi connectivity index (χ4n) is 1.07. The summed E-state index contributed by atoms with van der Waals surface area (Å²) in [5, 5.41) is 0. The molecule has 2 nitrogen and oxygen atoms in total. The highest BCUT2D eigenvalue weighted by molar-refractivity contribution is 14.1. The molecule has 0 bridgehead atoms. The van der Waals surface area contributed by atoms with Gasteiger partial charge in [0.15, 0.2) is 0 Å². The number of ether oxygens (including phenoxy) is 1. The van der Waals surface area contributed by atoms with Crippen LogP contribution >= 0.6 is 22.6 Å². The molecule has 0 radical (unpaired) electrons. The maximum Gasteiger partial charge on any atom is 0.407 e. The summed E-state index contributed by atoms with van der Waals surface area (Å²) in [6.07, 6.45) is -4.42. The number of benzene rings is 1. The lowest BCUT2D eigenvalue weighted by Crippen LogP contribution is -2.28. The van der Waals surface area contributed by atoms with Gasteiger partial charge >= 0.3 is 6.18 Å². The van der Waals surface area contributed by atoms with E-state index in [4.69, 9.17) is 10.5 Å². The normalized spacial score (nSPS) is 13.7. The van der Waals surface area contributed by atoms with Crippen molar-refractivity contribution in [2.75, 3.05) is 7.11 Å². The van der Waals surface area contributed by atoms with Crippen molar-refractivity contribution >= 4 is 22.6 Å². The topological polar surface area (TPSA) is 35.2 Å². The third-order valence-electron chi connectivity index (χ3n) is 1.89. The molecule has 0 saturated carbocycles. The zero-order chi connectivity index (χ0) is 11.6. The molecule has 0 aliphatic rings. The Hall–Kier alpha value is -0.500. The Morgan fingerprint density at radius 2 is 2.00 bits per heavy atom. The predicted octanol–water partition coefficient (Wildman–Crippen LogP) is 2.86. The van der Waals surface area contributed by atoms with Crippen LogP contribution in [0.5, 0.6) is 5.75 Å². The molecule has 84 valence electrons. The quantitative estimate of drug-likeness (QED) is 0.846. The summed E-state index contributed by atoms with van der Waals surface area (Å²) in [4.78, 5) is 0. The van der Waals surface area contributed by atoms with Crippen molar-refractivity contribution in [3.63, 3.8) is 0 Å². The summed E-state index contributed by atoms with van der Waals surface area (Å²) in [7, 11) is 1.46. The average molecular weight is 331 g/mol. The van der Waals surface area contributed by atoms with Crippen molar-refractivity contribution in [2.24, 2.45) is 5.73 Å². The Kier molecular flexibility index (Phi) is 3.82. The van der Waals surface area contributed by atoms with Gasteiger partial charge in [-0.05, 0) is 40.3 Å². The summed E-state index contributed by atoms with van der Waals surface area (Å²) in [6, 6.07) is 2.22. The Balaban J connectivity index is 3.02. The van der Waals surface area contributed by atoms with Crippen molar-refractivity contribution in [1.29, 1.82) is 0 Å². The fourth-order valence-corrected chi connectivity index (χ4v) is 1.82. The van der Waals surface area contributed by atoms with Crippen LogP contribution in [0.15, 0.2) is 18.2 Å². The van der Waals surface area contributed by atoms with Gasteiger partial charge in [0, 0.05) is 0 Å².